The zero-order valence-electron chi connectivity index (χ0n) is 12.2. The molecule has 2 N–H and O–H groups in total. The third-order valence-electron chi connectivity index (χ3n) is 2.92. The van der Waals surface area contributed by atoms with Crippen molar-refractivity contribution >= 4 is 28.9 Å². The van der Waals surface area contributed by atoms with Crippen molar-refractivity contribution in [2.24, 2.45) is 0 Å². The number of amides is 1. The first kappa shape index (κ1) is 15.7. The van der Waals surface area contributed by atoms with Crippen LogP contribution >= 0.6 is 11.3 Å². The van der Waals surface area contributed by atoms with E-state index in [0.29, 0.717) is 28.0 Å². The molecule has 0 aliphatic carbocycles. The lowest BCUT2D eigenvalue weighted by molar-refractivity contribution is -0.115. The minimum Gasteiger partial charge on any atom is -0.352 e. The van der Waals surface area contributed by atoms with Crippen LogP contribution in [0.15, 0.2) is 17.3 Å². The molecule has 0 spiro atoms. The van der Waals surface area contributed by atoms with E-state index in [0.717, 1.165) is 11.3 Å². The summed E-state index contributed by atoms with van der Waals surface area (Å²) in [6, 6.07) is 1.90. The molecule has 0 saturated heterocycles. The Morgan fingerprint density at radius 1 is 1.59 bits per heavy atom. The molecule has 114 valence electrons. The predicted octanol–water partition coefficient (Wildman–Crippen LogP) is -0.708. The fourth-order valence-electron chi connectivity index (χ4n) is 1.92. The van der Waals surface area contributed by atoms with Gasteiger partial charge in [0.15, 0.2) is 5.57 Å². The number of hydrogen-bond acceptors (Lipinski definition) is 5. The van der Waals surface area contributed by atoms with Gasteiger partial charge in [-0.3, -0.25) is 14.2 Å². The molecule has 0 aliphatic rings. The molecule has 0 fully saturated rings. The first-order valence-corrected chi connectivity index (χ1v) is 7.56. The number of H-pyrrole nitrogens is 1. The molecule has 22 heavy (non-hydrogen) atoms. The standard InChI is InChI=1S/C14H15N5O2S/c1-3-17-12(20)10(6-15)14-19(4-2)13(21)11(22-14)5-9-7-16-8-18-9/h5,7-8H,3-4H2,1-2H3,(H,16,18)(H,17,20)/b11-5?,14-10-. The molecular weight excluding hydrogens is 302 g/mol. The second kappa shape index (κ2) is 6.87. The number of nitriles is 1. The normalized spacial score (nSPS) is 12.9. The molecule has 0 radical (unpaired) electrons. The summed E-state index contributed by atoms with van der Waals surface area (Å²) in [7, 11) is 0. The molecule has 2 aromatic rings. The van der Waals surface area contributed by atoms with Crippen LogP contribution in [0.1, 0.15) is 19.5 Å². The summed E-state index contributed by atoms with van der Waals surface area (Å²) in [5.41, 5.74) is 0.411. The Balaban J connectivity index is 2.76. The van der Waals surface area contributed by atoms with Crippen molar-refractivity contribution in [3.8, 4) is 6.07 Å². The van der Waals surface area contributed by atoms with Gasteiger partial charge >= 0.3 is 0 Å². The van der Waals surface area contributed by atoms with E-state index >= 15 is 0 Å². The van der Waals surface area contributed by atoms with E-state index in [4.69, 9.17) is 0 Å². The second-order valence-electron chi connectivity index (χ2n) is 4.32. The highest BCUT2D eigenvalue weighted by atomic mass is 32.1. The zero-order chi connectivity index (χ0) is 16.1. The van der Waals surface area contributed by atoms with Crippen molar-refractivity contribution in [2.75, 3.05) is 6.54 Å². The van der Waals surface area contributed by atoms with Crippen LogP contribution in [-0.4, -0.2) is 27.0 Å². The fraction of sp³-hybridized carbons (Fsp3) is 0.286. The van der Waals surface area contributed by atoms with E-state index in [1.807, 2.05) is 6.07 Å². The summed E-state index contributed by atoms with van der Waals surface area (Å²) in [6.45, 7) is 4.36. The maximum Gasteiger partial charge on any atom is 0.269 e. The van der Waals surface area contributed by atoms with Gasteiger partial charge in [-0.05, 0) is 19.9 Å². The number of aromatic amines is 1. The Hall–Kier alpha value is -2.66. The number of rotatable bonds is 4. The SMILES string of the molecule is CCNC(=O)/C(C#N)=c1\sc(=Cc2cnc[nH]2)c(=O)n1CC. The summed E-state index contributed by atoms with van der Waals surface area (Å²) in [5, 5.41) is 11.9. The Morgan fingerprint density at radius 3 is 2.91 bits per heavy atom. The molecule has 2 aromatic heterocycles. The molecule has 2 heterocycles. The van der Waals surface area contributed by atoms with Gasteiger partial charge in [-0.2, -0.15) is 5.26 Å². The molecule has 0 unspecified atom stereocenters. The fourth-order valence-corrected chi connectivity index (χ4v) is 3.08. The second-order valence-corrected chi connectivity index (χ2v) is 5.35. The smallest absolute Gasteiger partial charge is 0.269 e. The molecule has 1 amide bonds. The van der Waals surface area contributed by atoms with Crippen molar-refractivity contribution in [1.29, 1.82) is 5.26 Å². The Morgan fingerprint density at radius 2 is 2.36 bits per heavy atom. The van der Waals surface area contributed by atoms with Gasteiger partial charge in [-0.25, -0.2) is 4.98 Å². The number of imidazole rings is 1. The summed E-state index contributed by atoms with van der Waals surface area (Å²) in [6.07, 6.45) is 4.76. The molecule has 8 heteroatoms. The molecule has 0 bridgehead atoms. The van der Waals surface area contributed by atoms with E-state index in [1.165, 1.54) is 10.9 Å². The highest BCUT2D eigenvalue weighted by Gasteiger charge is 2.14. The number of hydrogen-bond donors (Lipinski definition) is 2. The topological polar surface area (TPSA) is 104 Å². The summed E-state index contributed by atoms with van der Waals surface area (Å²) in [4.78, 5) is 31.2. The highest BCUT2D eigenvalue weighted by molar-refractivity contribution is 7.07. The average molecular weight is 317 g/mol. The van der Waals surface area contributed by atoms with Crippen molar-refractivity contribution in [3.63, 3.8) is 0 Å². The number of aromatic nitrogens is 3. The molecule has 0 aliphatic heterocycles. The highest BCUT2D eigenvalue weighted by Crippen LogP contribution is 1.94. The quantitative estimate of drug-likeness (QED) is 0.777. The number of carbonyl (C=O) groups excluding carboxylic acids is 1. The Labute approximate surface area is 130 Å². The molecule has 0 saturated carbocycles. The monoisotopic (exact) mass is 317 g/mol. The maximum atomic E-state index is 12.4. The van der Waals surface area contributed by atoms with Gasteiger partial charge in [0, 0.05) is 13.1 Å². The van der Waals surface area contributed by atoms with Gasteiger partial charge in [0.25, 0.3) is 11.5 Å². The van der Waals surface area contributed by atoms with Crippen molar-refractivity contribution in [3.05, 3.63) is 37.8 Å². The van der Waals surface area contributed by atoms with Gasteiger partial charge in [0.05, 0.1) is 22.8 Å². The molecule has 2 rings (SSSR count). The lowest BCUT2D eigenvalue weighted by Crippen LogP contribution is -2.34. The lowest BCUT2D eigenvalue weighted by Gasteiger charge is -2.00. The summed E-state index contributed by atoms with van der Waals surface area (Å²) < 4.78 is 2.24. The van der Waals surface area contributed by atoms with Crippen LogP contribution in [0.2, 0.25) is 0 Å². The maximum absolute atomic E-state index is 12.4. The largest absolute Gasteiger partial charge is 0.352 e. The van der Waals surface area contributed by atoms with Crippen LogP contribution in [-0.2, 0) is 11.3 Å². The number of thiazole rings is 1. The predicted molar refractivity (Wildman–Crippen MR) is 83.4 cm³/mol. The minimum absolute atomic E-state index is 0.0462. The first-order chi connectivity index (χ1) is 10.6. The third-order valence-corrected chi connectivity index (χ3v) is 4.05. The minimum atomic E-state index is -0.471. The van der Waals surface area contributed by atoms with Crippen LogP contribution in [0.4, 0.5) is 0 Å². The lowest BCUT2D eigenvalue weighted by atomic mass is 10.3. The van der Waals surface area contributed by atoms with Crippen LogP contribution in [0.25, 0.3) is 11.6 Å². The van der Waals surface area contributed by atoms with Crippen molar-refractivity contribution in [2.45, 2.75) is 20.4 Å². The summed E-state index contributed by atoms with van der Waals surface area (Å²) in [5.74, 6) is -0.471. The van der Waals surface area contributed by atoms with E-state index in [1.54, 1.807) is 26.1 Å². The van der Waals surface area contributed by atoms with E-state index < -0.39 is 5.91 Å². The Bertz CT molecular complexity index is 883. The van der Waals surface area contributed by atoms with E-state index in [-0.39, 0.29) is 11.1 Å². The van der Waals surface area contributed by atoms with Gasteiger partial charge in [0.2, 0.25) is 0 Å². The molecule has 0 aromatic carbocycles. The van der Waals surface area contributed by atoms with Gasteiger partial charge < -0.3 is 10.3 Å². The first-order valence-electron chi connectivity index (χ1n) is 6.74. The van der Waals surface area contributed by atoms with Gasteiger partial charge in [0.1, 0.15) is 10.7 Å². The van der Waals surface area contributed by atoms with Crippen molar-refractivity contribution in [1.82, 2.24) is 19.9 Å². The van der Waals surface area contributed by atoms with Gasteiger partial charge in [-0.15, -0.1) is 11.3 Å². The van der Waals surface area contributed by atoms with E-state index in [2.05, 4.69) is 15.3 Å². The summed E-state index contributed by atoms with van der Waals surface area (Å²) >= 11 is 1.12. The van der Waals surface area contributed by atoms with E-state index in [9.17, 15) is 14.9 Å². The van der Waals surface area contributed by atoms with Crippen LogP contribution in [0.5, 0.6) is 0 Å². The van der Waals surface area contributed by atoms with Crippen molar-refractivity contribution < 1.29 is 4.79 Å². The molecule has 0 atom stereocenters. The molecule has 7 nitrogen and oxygen atoms in total. The van der Waals surface area contributed by atoms with Crippen LogP contribution in [0.3, 0.4) is 0 Å². The average Bonchev–Trinajstić information content (AvgIpc) is 3.10. The van der Waals surface area contributed by atoms with Crippen LogP contribution < -0.4 is 20.1 Å². The number of nitrogens with one attached hydrogen (secondary N) is 2. The van der Waals surface area contributed by atoms with Gasteiger partial charge in [-0.1, -0.05) is 0 Å². The number of nitrogens with zero attached hydrogens (tertiary/aromatic N) is 3. The van der Waals surface area contributed by atoms with Crippen LogP contribution in [0, 0.1) is 11.3 Å². The third kappa shape index (κ3) is 2.99. The molecular formula is C14H15N5O2S. The zero-order valence-corrected chi connectivity index (χ0v) is 13.0. The number of carbonyl (C=O) groups is 1. The Kier molecular flexibility index (Phi) is 4.91.